The van der Waals surface area contributed by atoms with E-state index in [9.17, 15) is 9.90 Å². The number of fused-ring (bicyclic) bond motifs is 1. The van der Waals surface area contributed by atoms with E-state index in [0.29, 0.717) is 30.9 Å². The number of halogens is 1. The summed E-state index contributed by atoms with van der Waals surface area (Å²) < 4.78 is 17.2. The minimum atomic E-state index is -0.738. The van der Waals surface area contributed by atoms with Crippen molar-refractivity contribution in [1.29, 1.82) is 0 Å². The molecule has 0 bridgehead atoms. The van der Waals surface area contributed by atoms with E-state index >= 15 is 0 Å². The number of amides is 1. The SMILES string of the molecule is COc1ccc(CC(C)N[C@@H]2CCc3c(ccc(OCc4ccccc4)c3N(C)C(=O)OCc3ccccc3)[C@H]2O)cc1.Cl. The second-order valence-electron chi connectivity index (χ2n) is 11.1. The minimum absolute atomic E-state index is 0. The average molecular weight is 617 g/mol. The lowest BCUT2D eigenvalue weighted by atomic mass is 9.84. The van der Waals surface area contributed by atoms with Gasteiger partial charge in [-0.15, -0.1) is 12.4 Å². The number of methoxy groups -OCH3 is 1. The number of nitrogens with one attached hydrogen (secondary N) is 1. The van der Waals surface area contributed by atoms with Crippen molar-refractivity contribution in [2.75, 3.05) is 19.1 Å². The van der Waals surface area contributed by atoms with Crippen LogP contribution in [0.4, 0.5) is 10.5 Å². The number of aliphatic hydroxyl groups is 1. The first-order valence-corrected chi connectivity index (χ1v) is 14.8. The van der Waals surface area contributed by atoms with Gasteiger partial charge in [-0.3, -0.25) is 4.90 Å². The highest BCUT2D eigenvalue weighted by Crippen LogP contribution is 2.42. The molecule has 44 heavy (non-hydrogen) atoms. The molecule has 7 nitrogen and oxygen atoms in total. The number of ether oxygens (including phenoxy) is 3. The molecule has 1 unspecified atom stereocenters. The number of anilines is 1. The van der Waals surface area contributed by atoms with Crippen LogP contribution in [0.25, 0.3) is 0 Å². The van der Waals surface area contributed by atoms with Crippen LogP contribution in [0.2, 0.25) is 0 Å². The van der Waals surface area contributed by atoms with Gasteiger partial charge in [-0.25, -0.2) is 4.79 Å². The van der Waals surface area contributed by atoms with E-state index in [1.807, 2.05) is 84.9 Å². The molecule has 0 heterocycles. The van der Waals surface area contributed by atoms with Gasteiger partial charge in [-0.05, 0) is 72.2 Å². The third kappa shape index (κ3) is 8.11. The first kappa shape index (κ1) is 32.9. The molecule has 1 aliphatic carbocycles. The van der Waals surface area contributed by atoms with Crippen molar-refractivity contribution in [3.8, 4) is 11.5 Å². The van der Waals surface area contributed by atoms with Crippen molar-refractivity contribution in [1.82, 2.24) is 5.32 Å². The van der Waals surface area contributed by atoms with Crippen LogP contribution >= 0.6 is 12.4 Å². The van der Waals surface area contributed by atoms with Gasteiger partial charge < -0.3 is 24.6 Å². The summed E-state index contributed by atoms with van der Waals surface area (Å²) in [5.41, 5.74) is 5.46. The van der Waals surface area contributed by atoms with E-state index in [1.54, 1.807) is 14.2 Å². The Balaban J connectivity index is 0.00000442. The fraction of sp³-hybridized carbons (Fsp3) is 0.306. The fourth-order valence-corrected chi connectivity index (χ4v) is 5.69. The number of nitrogens with zero attached hydrogens (tertiary/aromatic N) is 1. The van der Waals surface area contributed by atoms with Crippen molar-refractivity contribution in [3.05, 3.63) is 125 Å². The van der Waals surface area contributed by atoms with E-state index in [1.165, 1.54) is 10.5 Å². The summed E-state index contributed by atoms with van der Waals surface area (Å²) in [4.78, 5) is 14.8. The lowest BCUT2D eigenvalue weighted by Crippen LogP contribution is -2.44. The molecule has 0 radical (unpaired) electrons. The summed E-state index contributed by atoms with van der Waals surface area (Å²) in [5.74, 6) is 1.41. The van der Waals surface area contributed by atoms with Crippen molar-refractivity contribution >= 4 is 24.2 Å². The van der Waals surface area contributed by atoms with Crippen LogP contribution in [-0.4, -0.2) is 37.4 Å². The molecule has 8 heteroatoms. The Labute approximate surface area is 266 Å². The molecule has 3 atom stereocenters. The van der Waals surface area contributed by atoms with E-state index in [4.69, 9.17) is 14.2 Å². The van der Waals surface area contributed by atoms with Gasteiger partial charge in [0, 0.05) is 19.1 Å². The normalized spacial score (nSPS) is 16.2. The van der Waals surface area contributed by atoms with Crippen molar-refractivity contribution < 1.29 is 24.1 Å². The van der Waals surface area contributed by atoms with Crippen LogP contribution in [0.1, 0.15) is 47.3 Å². The number of carbonyl (C=O) groups is 1. The second-order valence-corrected chi connectivity index (χ2v) is 11.1. The average Bonchev–Trinajstić information content (AvgIpc) is 3.04. The number of rotatable bonds is 11. The molecule has 0 saturated heterocycles. The van der Waals surface area contributed by atoms with Crippen molar-refractivity contribution in [2.45, 2.75) is 57.6 Å². The molecule has 2 N–H and O–H groups in total. The van der Waals surface area contributed by atoms with Gasteiger partial charge in [0.15, 0.2) is 0 Å². The predicted molar refractivity (Wildman–Crippen MR) is 176 cm³/mol. The summed E-state index contributed by atoms with van der Waals surface area (Å²) in [7, 11) is 3.36. The smallest absolute Gasteiger partial charge is 0.414 e. The molecule has 5 rings (SSSR count). The van der Waals surface area contributed by atoms with E-state index in [0.717, 1.165) is 34.4 Å². The largest absolute Gasteiger partial charge is 0.497 e. The van der Waals surface area contributed by atoms with Crippen LogP contribution in [0.15, 0.2) is 97.1 Å². The Bertz CT molecular complexity index is 1480. The van der Waals surface area contributed by atoms with Crippen molar-refractivity contribution in [3.63, 3.8) is 0 Å². The Hall–Kier alpha value is -4.04. The fourth-order valence-electron chi connectivity index (χ4n) is 5.69. The quantitative estimate of drug-likeness (QED) is 0.188. The number of carbonyl (C=O) groups excluding carboxylic acids is 1. The van der Waals surface area contributed by atoms with Gasteiger partial charge in [-0.1, -0.05) is 78.9 Å². The van der Waals surface area contributed by atoms with Crippen molar-refractivity contribution in [2.24, 2.45) is 0 Å². The standard InChI is InChI=1S/C36H40N2O5.ClH/c1-25(22-26-14-16-29(41-3)17-15-26)37-32-20-18-30-31(35(32)39)19-21-33(42-23-27-10-6-4-7-11-27)34(30)38(2)36(40)43-24-28-12-8-5-9-13-28;/h4-17,19,21,25,32,35,37,39H,18,20,22-24H2,1-3H3;1H/t25?,32-,35-;/m1./s1. The molecule has 0 fully saturated rings. The maximum absolute atomic E-state index is 13.3. The van der Waals surface area contributed by atoms with Crippen LogP contribution in [0.5, 0.6) is 11.5 Å². The molecule has 232 valence electrons. The molecule has 1 aliphatic rings. The van der Waals surface area contributed by atoms with E-state index < -0.39 is 12.2 Å². The van der Waals surface area contributed by atoms with E-state index in [-0.39, 0.29) is 31.1 Å². The molecular weight excluding hydrogens is 576 g/mol. The topological polar surface area (TPSA) is 80.3 Å². The zero-order valence-electron chi connectivity index (χ0n) is 25.4. The molecule has 0 aromatic heterocycles. The lowest BCUT2D eigenvalue weighted by molar-refractivity contribution is 0.109. The summed E-state index contributed by atoms with van der Waals surface area (Å²) >= 11 is 0. The number of hydrogen-bond donors (Lipinski definition) is 2. The van der Waals surface area contributed by atoms with Gasteiger partial charge in [0.1, 0.15) is 24.7 Å². The molecule has 0 aliphatic heterocycles. The zero-order chi connectivity index (χ0) is 30.2. The first-order chi connectivity index (χ1) is 20.9. The Morgan fingerprint density at radius 2 is 1.55 bits per heavy atom. The number of hydrogen-bond acceptors (Lipinski definition) is 6. The highest BCUT2D eigenvalue weighted by molar-refractivity contribution is 5.91. The summed E-state index contributed by atoms with van der Waals surface area (Å²) in [5, 5.41) is 15.2. The third-order valence-corrected chi connectivity index (χ3v) is 7.94. The Morgan fingerprint density at radius 1 is 0.909 bits per heavy atom. The molecule has 4 aromatic rings. The van der Waals surface area contributed by atoms with Gasteiger partial charge in [-0.2, -0.15) is 0 Å². The summed E-state index contributed by atoms with van der Waals surface area (Å²) in [6.07, 6.45) is 0.993. The van der Waals surface area contributed by atoms with Gasteiger partial charge in [0.05, 0.1) is 18.9 Å². The molecule has 0 spiro atoms. The van der Waals surface area contributed by atoms with Gasteiger partial charge in [0.25, 0.3) is 0 Å². The lowest BCUT2D eigenvalue weighted by Gasteiger charge is -2.35. The maximum Gasteiger partial charge on any atom is 0.414 e. The van der Waals surface area contributed by atoms with Gasteiger partial charge in [0.2, 0.25) is 0 Å². The van der Waals surface area contributed by atoms with Crippen LogP contribution in [0, 0.1) is 0 Å². The highest BCUT2D eigenvalue weighted by atomic mass is 35.5. The molecule has 1 amide bonds. The first-order valence-electron chi connectivity index (χ1n) is 14.8. The van der Waals surface area contributed by atoms with E-state index in [2.05, 4.69) is 24.4 Å². The Kier molecular flexibility index (Phi) is 11.7. The number of benzene rings is 4. The molecule has 4 aromatic carbocycles. The predicted octanol–water partition coefficient (Wildman–Crippen LogP) is 7.04. The molecular formula is C36H41ClN2O5. The minimum Gasteiger partial charge on any atom is -0.497 e. The summed E-state index contributed by atoms with van der Waals surface area (Å²) in [6.45, 7) is 2.66. The number of aliphatic hydroxyl groups excluding tert-OH is 1. The Morgan fingerprint density at radius 3 is 2.18 bits per heavy atom. The van der Waals surface area contributed by atoms with Gasteiger partial charge >= 0.3 is 6.09 Å². The van der Waals surface area contributed by atoms with Crippen LogP contribution < -0.4 is 19.7 Å². The monoisotopic (exact) mass is 616 g/mol. The van der Waals surface area contributed by atoms with Crippen LogP contribution in [-0.2, 0) is 30.8 Å². The second kappa shape index (κ2) is 15.6. The molecule has 0 saturated carbocycles. The third-order valence-electron chi connectivity index (χ3n) is 7.94. The zero-order valence-corrected chi connectivity index (χ0v) is 26.3. The highest BCUT2D eigenvalue weighted by Gasteiger charge is 2.33. The summed E-state index contributed by atoms with van der Waals surface area (Å²) in [6, 6.07) is 31.4. The van der Waals surface area contributed by atoms with Crippen LogP contribution in [0.3, 0.4) is 0 Å². The maximum atomic E-state index is 13.3.